The number of rotatable bonds is 6. The van der Waals surface area contributed by atoms with E-state index in [1.165, 1.54) is 6.26 Å². The fourth-order valence-electron chi connectivity index (χ4n) is 1.50. The average Bonchev–Trinajstić information content (AvgIpc) is 2.70. The van der Waals surface area contributed by atoms with Crippen molar-refractivity contribution in [2.24, 2.45) is 5.41 Å². The zero-order valence-electron chi connectivity index (χ0n) is 10.1. The van der Waals surface area contributed by atoms with Crippen LogP contribution in [0.1, 0.15) is 37.0 Å². The third-order valence-electron chi connectivity index (χ3n) is 2.58. The summed E-state index contributed by atoms with van der Waals surface area (Å²) in [4.78, 5) is 11.8. The minimum atomic E-state index is -0.121. The molecule has 0 aliphatic rings. The molecule has 0 radical (unpaired) electrons. The van der Waals surface area contributed by atoms with Gasteiger partial charge in [-0.1, -0.05) is 13.8 Å². The van der Waals surface area contributed by atoms with Crippen LogP contribution in [-0.4, -0.2) is 18.3 Å². The lowest BCUT2D eigenvalue weighted by Crippen LogP contribution is -2.34. The molecule has 0 aromatic carbocycles. The number of alkyl halides is 1. The highest BCUT2D eigenvalue weighted by Crippen LogP contribution is 2.22. The van der Waals surface area contributed by atoms with Gasteiger partial charge in [0.15, 0.2) is 4.67 Å². The van der Waals surface area contributed by atoms with Crippen molar-refractivity contribution in [1.29, 1.82) is 0 Å². The minimum Gasteiger partial charge on any atom is -0.457 e. The molecule has 0 aliphatic carbocycles. The molecular formula is C12H17BrClNO2. The summed E-state index contributed by atoms with van der Waals surface area (Å²) in [6, 6.07) is 1.64. The van der Waals surface area contributed by atoms with E-state index in [-0.39, 0.29) is 11.3 Å². The van der Waals surface area contributed by atoms with Gasteiger partial charge in [-0.3, -0.25) is 4.79 Å². The second-order valence-corrected chi connectivity index (χ2v) is 5.85. The number of hydrogen-bond acceptors (Lipinski definition) is 2. The molecule has 0 bridgehead atoms. The quantitative estimate of drug-likeness (QED) is 0.809. The molecule has 3 nitrogen and oxygen atoms in total. The van der Waals surface area contributed by atoms with Crippen LogP contribution in [0.2, 0.25) is 0 Å². The smallest absolute Gasteiger partial charge is 0.255 e. The fourth-order valence-corrected chi connectivity index (χ4v) is 2.06. The molecule has 0 saturated carbocycles. The molecule has 1 aromatic heterocycles. The second-order valence-electron chi connectivity index (χ2n) is 4.75. The minimum absolute atomic E-state index is 0.0563. The van der Waals surface area contributed by atoms with E-state index in [0.29, 0.717) is 22.7 Å². The number of halogens is 2. The van der Waals surface area contributed by atoms with Crippen molar-refractivity contribution >= 4 is 33.4 Å². The maximum atomic E-state index is 11.8. The van der Waals surface area contributed by atoms with Crippen molar-refractivity contribution in [1.82, 2.24) is 5.32 Å². The van der Waals surface area contributed by atoms with Gasteiger partial charge in [-0.05, 0) is 40.3 Å². The van der Waals surface area contributed by atoms with Gasteiger partial charge < -0.3 is 9.73 Å². The first-order valence-electron chi connectivity index (χ1n) is 5.53. The van der Waals surface area contributed by atoms with Crippen LogP contribution in [0.4, 0.5) is 0 Å². The molecule has 0 unspecified atom stereocenters. The SMILES string of the molecule is CC(C)(CCCCl)CNC(=O)c1ccoc1Br. The molecule has 0 aliphatic heterocycles. The topological polar surface area (TPSA) is 42.2 Å². The summed E-state index contributed by atoms with van der Waals surface area (Å²) in [6.45, 7) is 4.86. The van der Waals surface area contributed by atoms with Crippen LogP contribution in [0.5, 0.6) is 0 Å². The van der Waals surface area contributed by atoms with Crippen molar-refractivity contribution < 1.29 is 9.21 Å². The van der Waals surface area contributed by atoms with E-state index in [1.54, 1.807) is 6.07 Å². The number of nitrogens with one attached hydrogen (secondary N) is 1. The van der Waals surface area contributed by atoms with Crippen LogP contribution >= 0.6 is 27.5 Å². The third-order valence-corrected chi connectivity index (χ3v) is 3.46. The Morgan fingerprint density at radius 3 is 2.82 bits per heavy atom. The van der Waals surface area contributed by atoms with Gasteiger partial charge in [0.1, 0.15) is 0 Å². The van der Waals surface area contributed by atoms with Gasteiger partial charge in [0.25, 0.3) is 5.91 Å². The Morgan fingerprint density at radius 1 is 1.59 bits per heavy atom. The highest BCUT2D eigenvalue weighted by Gasteiger charge is 2.20. The van der Waals surface area contributed by atoms with Crippen molar-refractivity contribution in [2.45, 2.75) is 26.7 Å². The Bertz CT molecular complexity index is 376. The Balaban J connectivity index is 2.45. The first-order valence-corrected chi connectivity index (χ1v) is 6.86. The Kier molecular flexibility index (Phi) is 5.53. The first kappa shape index (κ1) is 14.6. The van der Waals surface area contributed by atoms with E-state index in [4.69, 9.17) is 16.0 Å². The van der Waals surface area contributed by atoms with Gasteiger partial charge in [0, 0.05) is 12.4 Å². The molecule has 0 saturated heterocycles. The molecule has 1 amide bonds. The van der Waals surface area contributed by atoms with E-state index in [0.717, 1.165) is 12.8 Å². The van der Waals surface area contributed by atoms with Crippen LogP contribution in [0.3, 0.4) is 0 Å². The highest BCUT2D eigenvalue weighted by molar-refractivity contribution is 9.10. The normalized spacial score (nSPS) is 11.5. The van der Waals surface area contributed by atoms with Crippen molar-refractivity contribution in [3.05, 3.63) is 22.6 Å². The summed E-state index contributed by atoms with van der Waals surface area (Å²) >= 11 is 8.85. The van der Waals surface area contributed by atoms with E-state index in [1.807, 2.05) is 0 Å². The Labute approximate surface area is 115 Å². The number of carbonyl (C=O) groups is 1. The number of furan rings is 1. The zero-order valence-corrected chi connectivity index (χ0v) is 12.4. The summed E-state index contributed by atoms with van der Waals surface area (Å²) in [5.41, 5.74) is 0.582. The lowest BCUT2D eigenvalue weighted by atomic mass is 9.88. The molecule has 96 valence electrons. The summed E-state index contributed by atoms with van der Waals surface area (Å²) in [5, 5.41) is 2.90. The maximum absolute atomic E-state index is 11.8. The number of amides is 1. The van der Waals surface area contributed by atoms with E-state index < -0.39 is 0 Å². The second kappa shape index (κ2) is 6.45. The van der Waals surface area contributed by atoms with Crippen molar-refractivity contribution in [3.8, 4) is 0 Å². The predicted octanol–water partition coefficient (Wildman–Crippen LogP) is 3.82. The Morgan fingerprint density at radius 2 is 2.29 bits per heavy atom. The molecule has 0 spiro atoms. The zero-order chi connectivity index (χ0) is 12.9. The molecular weight excluding hydrogens is 305 g/mol. The molecule has 0 atom stereocenters. The third kappa shape index (κ3) is 4.72. The molecule has 1 aromatic rings. The van der Waals surface area contributed by atoms with Crippen LogP contribution in [0, 0.1) is 5.41 Å². The molecule has 0 fully saturated rings. The van der Waals surface area contributed by atoms with E-state index in [2.05, 4.69) is 35.1 Å². The first-order chi connectivity index (χ1) is 7.96. The summed E-state index contributed by atoms with van der Waals surface area (Å²) < 4.78 is 5.49. The number of hydrogen-bond donors (Lipinski definition) is 1. The van der Waals surface area contributed by atoms with Crippen molar-refractivity contribution in [2.75, 3.05) is 12.4 Å². The Hall–Kier alpha value is -0.480. The summed E-state index contributed by atoms with van der Waals surface area (Å²) in [7, 11) is 0. The highest BCUT2D eigenvalue weighted by atomic mass is 79.9. The van der Waals surface area contributed by atoms with Gasteiger partial charge in [-0.15, -0.1) is 11.6 Å². The molecule has 17 heavy (non-hydrogen) atoms. The van der Waals surface area contributed by atoms with Gasteiger partial charge in [-0.2, -0.15) is 0 Å². The standard InChI is InChI=1S/C12H17BrClNO2/c1-12(2,5-3-6-14)8-15-11(16)9-4-7-17-10(9)13/h4,7H,3,5-6,8H2,1-2H3,(H,15,16). The lowest BCUT2D eigenvalue weighted by molar-refractivity contribution is 0.0933. The monoisotopic (exact) mass is 321 g/mol. The average molecular weight is 323 g/mol. The summed E-state index contributed by atoms with van der Waals surface area (Å²) in [6.07, 6.45) is 3.43. The molecule has 1 rings (SSSR count). The molecule has 1 N–H and O–H groups in total. The van der Waals surface area contributed by atoms with Crippen LogP contribution < -0.4 is 5.32 Å². The van der Waals surface area contributed by atoms with Crippen LogP contribution in [-0.2, 0) is 0 Å². The molecule has 5 heteroatoms. The predicted molar refractivity (Wildman–Crippen MR) is 72.5 cm³/mol. The maximum Gasteiger partial charge on any atom is 0.255 e. The van der Waals surface area contributed by atoms with Gasteiger partial charge in [0.2, 0.25) is 0 Å². The van der Waals surface area contributed by atoms with Gasteiger partial charge in [-0.25, -0.2) is 0 Å². The fraction of sp³-hybridized carbons (Fsp3) is 0.583. The van der Waals surface area contributed by atoms with Crippen LogP contribution in [0.25, 0.3) is 0 Å². The van der Waals surface area contributed by atoms with Crippen LogP contribution in [0.15, 0.2) is 21.4 Å². The van der Waals surface area contributed by atoms with Gasteiger partial charge >= 0.3 is 0 Å². The largest absolute Gasteiger partial charge is 0.457 e. The van der Waals surface area contributed by atoms with E-state index >= 15 is 0 Å². The van der Waals surface area contributed by atoms with Crippen molar-refractivity contribution in [3.63, 3.8) is 0 Å². The van der Waals surface area contributed by atoms with E-state index in [9.17, 15) is 4.79 Å². The lowest BCUT2D eigenvalue weighted by Gasteiger charge is -2.24. The molecule has 1 heterocycles. The number of carbonyl (C=O) groups excluding carboxylic acids is 1. The van der Waals surface area contributed by atoms with Gasteiger partial charge in [0.05, 0.1) is 11.8 Å². The summed E-state index contributed by atoms with van der Waals surface area (Å²) in [5.74, 6) is 0.537.